The zero-order chi connectivity index (χ0) is 19.6. The molecule has 1 aliphatic heterocycles. The number of carbonyl (C=O) groups excluding carboxylic acids is 1. The monoisotopic (exact) mass is 504 g/mol. The number of nitrogens with zero attached hydrogens (tertiary/aromatic N) is 2. The molecule has 1 fully saturated rings. The van der Waals surface area contributed by atoms with E-state index in [9.17, 15) is 4.79 Å². The third kappa shape index (κ3) is 3.96. The van der Waals surface area contributed by atoms with E-state index in [0.29, 0.717) is 19.6 Å². The first-order valence-corrected chi connectivity index (χ1v) is 9.50. The molecule has 1 aliphatic rings. The first kappa shape index (κ1) is 21.5. The molecule has 5 nitrogen and oxygen atoms in total. The Kier molecular flexibility index (Phi) is 6.74. The first-order valence-electron chi connectivity index (χ1n) is 9.50. The predicted molar refractivity (Wildman–Crippen MR) is 104 cm³/mol. The third-order valence-electron chi connectivity index (χ3n) is 5.57. The van der Waals surface area contributed by atoms with Gasteiger partial charge in [-0.1, -0.05) is 60.7 Å². The van der Waals surface area contributed by atoms with Crippen LogP contribution in [0.4, 0.5) is 0 Å². The Hall–Kier alpha value is -2.19. The van der Waals surface area contributed by atoms with Gasteiger partial charge in [0.1, 0.15) is 37.1 Å². The van der Waals surface area contributed by atoms with Gasteiger partial charge in [-0.15, -0.1) is 0 Å². The molecule has 3 aromatic rings. The van der Waals surface area contributed by atoms with E-state index in [0.717, 1.165) is 17.0 Å². The topological polar surface area (TPSA) is 44.3 Å². The van der Waals surface area contributed by atoms with Gasteiger partial charge in [0.25, 0.3) is 5.82 Å². The number of ether oxygens (including phenoxy) is 2. The van der Waals surface area contributed by atoms with Crippen molar-refractivity contribution in [3.8, 4) is 0 Å². The normalized spacial score (nSPS) is 17.6. The maximum absolute atomic E-state index is 13.3. The molecule has 0 aliphatic carbocycles. The first-order chi connectivity index (χ1) is 13.6. The Morgan fingerprint density at radius 2 is 1.69 bits per heavy atom. The molecule has 0 radical (unpaired) electrons. The highest BCUT2D eigenvalue weighted by molar-refractivity contribution is 5.89. The van der Waals surface area contributed by atoms with Crippen molar-refractivity contribution in [3.63, 3.8) is 0 Å². The minimum absolute atomic E-state index is 0. The molecule has 152 valence electrons. The van der Waals surface area contributed by atoms with E-state index in [2.05, 4.69) is 4.57 Å². The molecule has 2 heterocycles. The lowest BCUT2D eigenvalue weighted by Crippen LogP contribution is -3.00. The molecule has 1 unspecified atom stereocenters. The number of hydrogen-bond acceptors (Lipinski definition) is 3. The number of methoxy groups -OCH3 is 1. The van der Waals surface area contributed by atoms with E-state index >= 15 is 0 Å². The summed E-state index contributed by atoms with van der Waals surface area (Å²) in [5.74, 6) is 0.857. The van der Waals surface area contributed by atoms with E-state index in [-0.39, 0.29) is 36.0 Å². The number of hydrogen-bond donors (Lipinski definition) is 0. The van der Waals surface area contributed by atoms with Crippen molar-refractivity contribution in [1.29, 1.82) is 0 Å². The second-order valence-corrected chi connectivity index (χ2v) is 7.28. The van der Waals surface area contributed by atoms with Crippen LogP contribution in [0.5, 0.6) is 0 Å². The van der Waals surface area contributed by atoms with Crippen molar-refractivity contribution in [2.45, 2.75) is 31.1 Å². The fourth-order valence-corrected chi connectivity index (χ4v) is 4.16. The summed E-state index contributed by atoms with van der Waals surface area (Å²) >= 11 is 0. The van der Waals surface area contributed by atoms with Crippen LogP contribution in [0, 0.1) is 0 Å². The van der Waals surface area contributed by atoms with Crippen molar-refractivity contribution in [1.82, 2.24) is 4.57 Å². The van der Waals surface area contributed by atoms with Crippen LogP contribution < -0.4 is 28.5 Å². The van der Waals surface area contributed by atoms with Crippen LogP contribution in [0.1, 0.15) is 23.4 Å². The highest BCUT2D eigenvalue weighted by atomic mass is 127. The van der Waals surface area contributed by atoms with E-state index in [1.807, 2.05) is 84.7 Å². The summed E-state index contributed by atoms with van der Waals surface area (Å²) < 4.78 is 15.4. The number of aryl methyl sites for hydroxylation is 1. The second kappa shape index (κ2) is 9.09. The van der Waals surface area contributed by atoms with Gasteiger partial charge in [0.15, 0.2) is 0 Å². The lowest BCUT2D eigenvalue weighted by atomic mass is 9.72. The summed E-state index contributed by atoms with van der Waals surface area (Å²) in [5, 5.41) is 0. The predicted octanol–water partition coefficient (Wildman–Crippen LogP) is -0.235. The molecule has 0 saturated carbocycles. The quantitative estimate of drug-likeness (QED) is 0.265. The van der Waals surface area contributed by atoms with Crippen LogP contribution >= 0.6 is 0 Å². The van der Waals surface area contributed by atoms with Crippen LogP contribution in [-0.4, -0.2) is 23.8 Å². The van der Waals surface area contributed by atoms with Crippen LogP contribution in [0.15, 0.2) is 73.1 Å². The van der Waals surface area contributed by atoms with Gasteiger partial charge in [-0.3, -0.25) is 4.79 Å². The van der Waals surface area contributed by atoms with Crippen molar-refractivity contribution >= 4 is 5.97 Å². The average molecular weight is 504 g/mol. The van der Waals surface area contributed by atoms with Gasteiger partial charge in [0.05, 0.1) is 7.05 Å². The molecule has 4 rings (SSSR count). The van der Waals surface area contributed by atoms with E-state index in [1.54, 1.807) is 7.11 Å². The number of halogens is 1. The Balaban J connectivity index is 0.00000240. The number of imidazole rings is 1. The second-order valence-electron chi connectivity index (χ2n) is 7.28. The van der Waals surface area contributed by atoms with Gasteiger partial charge >= 0.3 is 5.97 Å². The number of rotatable bonds is 6. The number of esters is 1. The van der Waals surface area contributed by atoms with E-state index in [4.69, 9.17) is 9.47 Å². The third-order valence-corrected chi connectivity index (χ3v) is 5.57. The maximum Gasteiger partial charge on any atom is 0.321 e. The Bertz CT molecular complexity index is 917. The van der Waals surface area contributed by atoms with Crippen molar-refractivity contribution < 1.29 is 42.8 Å². The number of cyclic esters (lactones) is 1. The van der Waals surface area contributed by atoms with Crippen LogP contribution in [-0.2, 0) is 39.9 Å². The molecular formula is C23H25IN2O3. The van der Waals surface area contributed by atoms with Crippen LogP contribution in [0.25, 0.3) is 0 Å². The van der Waals surface area contributed by atoms with E-state index in [1.165, 1.54) is 0 Å². The molecule has 0 spiro atoms. The summed E-state index contributed by atoms with van der Waals surface area (Å²) in [5.41, 5.74) is 1.18. The SMILES string of the molecule is COCc1n(CC2CC(c3ccccc3)(c3ccccc3)C(=O)O2)cc[n+]1C.[I-]. The molecule has 2 aromatic carbocycles. The Morgan fingerprint density at radius 1 is 1.10 bits per heavy atom. The number of benzene rings is 2. The smallest absolute Gasteiger partial charge is 0.321 e. The molecule has 29 heavy (non-hydrogen) atoms. The van der Waals surface area contributed by atoms with Gasteiger partial charge < -0.3 is 33.5 Å². The minimum Gasteiger partial charge on any atom is -1.00 e. The van der Waals surface area contributed by atoms with Crippen molar-refractivity contribution in [2.24, 2.45) is 7.05 Å². The standard InChI is InChI=1S/C23H25N2O3.HI/c1-24-13-14-25(21(24)17-27-2)16-20-15-23(22(26)28-20,18-9-5-3-6-10-18)19-11-7-4-8-12-19;/h3-14,20H,15-17H2,1-2H3;1H/q+1;/p-1. The Labute approximate surface area is 188 Å². The fourth-order valence-electron chi connectivity index (χ4n) is 4.16. The highest BCUT2D eigenvalue weighted by Crippen LogP contribution is 2.43. The molecule has 1 saturated heterocycles. The fraction of sp³-hybridized carbons (Fsp3) is 0.304. The molecule has 0 amide bonds. The maximum atomic E-state index is 13.3. The summed E-state index contributed by atoms with van der Waals surface area (Å²) in [7, 11) is 3.67. The lowest BCUT2D eigenvalue weighted by molar-refractivity contribution is -0.680. The van der Waals surface area contributed by atoms with Gasteiger partial charge in [0, 0.05) is 13.5 Å². The molecule has 1 aromatic heterocycles. The largest absolute Gasteiger partial charge is 1.00 e. The molecule has 6 heteroatoms. The minimum atomic E-state index is -0.774. The number of aromatic nitrogens is 2. The molecule has 0 N–H and O–H groups in total. The van der Waals surface area contributed by atoms with Crippen LogP contribution in [0.3, 0.4) is 0 Å². The zero-order valence-corrected chi connectivity index (χ0v) is 18.8. The summed E-state index contributed by atoms with van der Waals surface area (Å²) in [4.78, 5) is 13.3. The molecular weight excluding hydrogens is 479 g/mol. The summed E-state index contributed by atoms with van der Waals surface area (Å²) in [6.07, 6.45) is 4.39. The average Bonchev–Trinajstić information content (AvgIpc) is 3.24. The van der Waals surface area contributed by atoms with Gasteiger partial charge in [-0.25, -0.2) is 9.13 Å². The van der Waals surface area contributed by atoms with Gasteiger partial charge in [-0.05, 0) is 11.1 Å². The summed E-state index contributed by atoms with van der Waals surface area (Å²) in [6, 6.07) is 19.9. The summed E-state index contributed by atoms with van der Waals surface area (Å²) in [6.45, 7) is 1.11. The van der Waals surface area contributed by atoms with Crippen molar-refractivity contribution in [2.75, 3.05) is 7.11 Å². The van der Waals surface area contributed by atoms with Gasteiger partial charge in [-0.2, -0.15) is 0 Å². The Morgan fingerprint density at radius 3 is 2.24 bits per heavy atom. The number of carbonyl (C=O) groups is 1. The van der Waals surface area contributed by atoms with E-state index < -0.39 is 5.41 Å². The van der Waals surface area contributed by atoms with Crippen molar-refractivity contribution in [3.05, 3.63) is 90.0 Å². The van der Waals surface area contributed by atoms with Crippen LogP contribution in [0.2, 0.25) is 0 Å². The highest BCUT2D eigenvalue weighted by Gasteiger charge is 2.52. The molecule has 1 atom stereocenters. The van der Waals surface area contributed by atoms with Gasteiger partial charge in [0.2, 0.25) is 0 Å². The zero-order valence-electron chi connectivity index (χ0n) is 16.6. The lowest BCUT2D eigenvalue weighted by Gasteiger charge is -2.26. The molecule has 0 bridgehead atoms.